The summed E-state index contributed by atoms with van der Waals surface area (Å²) in [4.78, 5) is 11.8. The normalized spacial score (nSPS) is 25.7. The first-order chi connectivity index (χ1) is 10.6. The molecule has 0 aromatic heterocycles. The second-order valence-corrected chi connectivity index (χ2v) is 16.9. The highest BCUT2D eigenvalue weighted by atomic mass is 31.2. The minimum atomic E-state index is -2.81. The number of hydrogen-bond donors (Lipinski definition) is 0. The lowest BCUT2D eigenvalue weighted by molar-refractivity contribution is -0.137. The summed E-state index contributed by atoms with van der Waals surface area (Å²) in [6.45, 7) is 12.4. The Bertz CT molecular complexity index is 502. The lowest BCUT2D eigenvalue weighted by Crippen LogP contribution is -2.50. The van der Waals surface area contributed by atoms with Gasteiger partial charge >= 0.3 is 0 Å². The summed E-state index contributed by atoms with van der Waals surface area (Å²) in [5.74, 6) is 0.433. The molecule has 0 amide bonds. The number of rotatable bonds is 8. The molecule has 1 unspecified atom stereocenters. The van der Waals surface area contributed by atoms with Crippen LogP contribution >= 0.6 is 7.44 Å². The molecular weight excluding hydrogens is 339 g/mol. The molecule has 0 bridgehead atoms. The first-order valence-electron chi connectivity index (χ1n) is 8.77. The van der Waals surface area contributed by atoms with E-state index >= 15 is 0 Å². The summed E-state index contributed by atoms with van der Waals surface area (Å²) in [7, 11) is 2.80. The zero-order valence-corrected chi connectivity index (χ0v) is 19.1. The zero-order valence-electron chi connectivity index (χ0n) is 17.2. The van der Waals surface area contributed by atoms with E-state index in [-0.39, 0.29) is 23.0 Å². The van der Waals surface area contributed by atoms with Gasteiger partial charge in [0.1, 0.15) is 11.6 Å². The van der Waals surface area contributed by atoms with E-state index in [1.807, 2.05) is 37.5 Å². The quantitative estimate of drug-likeness (QED) is 0.471. The summed E-state index contributed by atoms with van der Waals surface area (Å²) >= 11 is 0. The predicted octanol–water partition coefficient (Wildman–Crippen LogP) is 4.12. The smallest absolute Gasteiger partial charge is 0.242 e. The predicted molar refractivity (Wildman–Crippen MR) is 104 cm³/mol. The molecule has 3 atom stereocenters. The van der Waals surface area contributed by atoms with Crippen molar-refractivity contribution in [3.05, 3.63) is 0 Å². The van der Waals surface area contributed by atoms with Crippen molar-refractivity contribution in [2.45, 2.75) is 59.1 Å². The molecular formula is C17H37N2O3PSi. The van der Waals surface area contributed by atoms with E-state index < -0.39 is 15.8 Å². The van der Waals surface area contributed by atoms with E-state index in [1.54, 1.807) is 6.92 Å². The molecule has 1 fully saturated rings. The lowest BCUT2D eigenvalue weighted by atomic mass is 9.53. The van der Waals surface area contributed by atoms with E-state index in [2.05, 4.69) is 33.5 Å². The van der Waals surface area contributed by atoms with Crippen molar-refractivity contribution in [3.8, 4) is 0 Å². The molecule has 5 nitrogen and oxygen atoms in total. The van der Waals surface area contributed by atoms with Crippen LogP contribution in [0.3, 0.4) is 0 Å². The molecule has 24 heavy (non-hydrogen) atoms. The van der Waals surface area contributed by atoms with Crippen molar-refractivity contribution < 1.29 is 13.8 Å². The Kier molecular flexibility index (Phi) is 6.72. The zero-order chi connectivity index (χ0) is 19.1. The SMILES string of the molecule is CC(=O)[C@@H]1C[C@H](CC(O[Si](C)(C)C)P(=O)(N(C)C)N(C)C)C1(C)C. The van der Waals surface area contributed by atoms with Gasteiger partial charge in [-0.3, -0.25) is 9.36 Å². The van der Waals surface area contributed by atoms with E-state index in [1.165, 1.54) is 0 Å². The Morgan fingerprint density at radius 1 is 1.21 bits per heavy atom. The minimum Gasteiger partial charge on any atom is -0.405 e. The van der Waals surface area contributed by atoms with Crippen molar-refractivity contribution in [2.24, 2.45) is 17.3 Å². The van der Waals surface area contributed by atoms with E-state index in [0.29, 0.717) is 5.92 Å². The summed E-state index contributed by atoms with van der Waals surface area (Å²) < 4.78 is 23.9. The first-order valence-corrected chi connectivity index (χ1v) is 13.9. The van der Waals surface area contributed by atoms with Gasteiger partial charge in [0.25, 0.3) is 0 Å². The van der Waals surface area contributed by atoms with Crippen LogP contribution in [0, 0.1) is 17.3 Å². The molecule has 1 saturated carbocycles. The molecule has 7 heteroatoms. The molecule has 0 aromatic carbocycles. The standard InChI is InChI=1S/C17H37N2O3PSi/c1-13(20)15-11-14(17(15,2)3)12-16(22-24(8,9)10)23(21,18(4)5)19(6)7/h14-16H,11-12H2,1-10H3/t14-,15+,16?/m1/s1. The summed E-state index contributed by atoms with van der Waals surface area (Å²) in [6, 6.07) is 0. The largest absolute Gasteiger partial charge is 0.405 e. The summed E-state index contributed by atoms with van der Waals surface area (Å²) in [5, 5.41) is 0. The molecule has 0 spiro atoms. The topological polar surface area (TPSA) is 49.9 Å². The van der Waals surface area contributed by atoms with Gasteiger partial charge < -0.3 is 4.43 Å². The summed E-state index contributed by atoms with van der Waals surface area (Å²) in [6.07, 6.45) is 1.63. The Hall–Kier alpha value is -0.00312. The highest BCUT2D eigenvalue weighted by Crippen LogP contribution is 2.61. The van der Waals surface area contributed by atoms with Gasteiger partial charge in [0.05, 0.1) is 0 Å². The van der Waals surface area contributed by atoms with Gasteiger partial charge in [-0.1, -0.05) is 13.8 Å². The molecule has 142 valence electrons. The number of hydrogen-bond acceptors (Lipinski definition) is 3. The average molecular weight is 377 g/mol. The van der Waals surface area contributed by atoms with Crippen LogP contribution in [0.1, 0.15) is 33.6 Å². The highest BCUT2D eigenvalue weighted by molar-refractivity contribution is 7.59. The van der Waals surface area contributed by atoms with E-state index in [9.17, 15) is 9.36 Å². The van der Waals surface area contributed by atoms with Gasteiger partial charge in [0, 0.05) is 5.92 Å². The van der Waals surface area contributed by atoms with E-state index in [0.717, 1.165) is 12.8 Å². The lowest BCUT2D eigenvalue weighted by Gasteiger charge is -2.53. The van der Waals surface area contributed by atoms with Crippen LogP contribution in [-0.2, 0) is 13.8 Å². The Labute approximate surface area is 149 Å². The van der Waals surface area contributed by atoms with Gasteiger partial charge in [0.15, 0.2) is 8.32 Å². The average Bonchev–Trinajstić information content (AvgIpc) is 2.38. The maximum absolute atomic E-state index is 13.8. The number of nitrogens with zero attached hydrogens (tertiary/aromatic N) is 2. The molecule has 1 aliphatic carbocycles. The monoisotopic (exact) mass is 376 g/mol. The third kappa shape index (κ3) is 4.39. The van der Waals surface area contributed by atoms with Crippen molar-refractivity contribution in [3.63, 3.8) is 0 Å². The molecule has 0 N–H and O–H groups in total. The van der Waals surface area contributed by atoms with Crippen molar-refractivity contribution in [1.29, 1.82) is 0 Å². The third-order valence-electron chi connectivity index (χ3n) is 5.46. The molecule has 0 aliphatic heterocycles. The van der Waals surface area contributed by atoms with Crippen molar-refractivity contribution >= 4 is 21.5 Å². The highest BCUT2D eigenvalue weighted by Gasteiger charge is 2.53. The number of Topliss-reactive ketones (excluding diaryl/α,β-unsaturated/α-hetero) is 1. The molecule has 0 aromatic rings. The third-order valence-corrected chi connectivity index (χ3v) is 10.0. The Balaban J connectivity index is 3.09. The van der Waals surface area contributed by atoms with Crippen LogP contribution in [0.2, 0.25) is 19.6 Å². The number of carbonyl (C=O) groups is 1. The number of ketones is 1. The second kappa shape index (κ2) is 7.32. The Morgan fingerprint density at radius 2 is 1.67 bits per heavy atom. The first kappa shape index (κ1) is 22.0. The van der Waals surface area contributed by atoms with Gasteiger partial charge in [0.2, 0.25) is 7.44 Å². The molecule has 1 rings (SSSR count). The fourth-order valence-electron chi connectivity index (χ4n) is 3.88. The maximum Gasteiger partial charge on any atom is 0.242 e. The van der Waals surface area contributed by atoms with Crippen LogP contribution in [0.5, 0.6) is 0 Å². The molecule has 0 radical (unpaired) electrons. The molecule has 0 heterocycles. The van der Waals surface area contributed by atoms with Crippen molar-refractivity contribution in [1.82, 2.24) is 9.34 Å². The second-order valence-electron chi connectivity index (χ2n) is 9.12. The van der Waals surface area contributed by atoms with Crippen LogP contribution in [0.15, 0.2) is 0 Å². The van der Waals surface area contributed by atoms with Gasteiger partial charge in [-0.15, -0.1) is 0 Å². The molecule has 0 saturated heterocycles. The fraction of sp³-hybridized carbons (Fsp3) is 0.941. The molecule has 1 aliphatic rings. The van der Waals surface area contributed by atoms with E-state index in [4.69, 9.17) is 4.43 Å². The number of carbonyl (C=O) groups excluding carboxylic acids is 1. The van der Waals surface area contributed by atoms with Gasteiger partial charge in [-0.25, -0.2) is 9.34 Å². The van der Waals surface area contributed by atoms with Crippen LogP contribution in [-0.4, -0.2) is 57.5 Å². The summed E-state index contributed by atoms with van der Waals surface area (Å²) in [5.41, 5.74) is -0.0453. The van der Waals surface area contributed by atoms with Crippen molar-refractivity contribution in [2.75, 3.05) is 28.2 Å². The Morgan fingerprint density at radius 3 is 1.96 bits per heavy atom. The van der Waals surface area contributed by atoms with Crippen LogP contribution in [0.4, 0.5) is 0 Å². The maximum atomic E-state index is 13.8. The van der Waals surface area contributed by atoms with Gasteiger partial charge in [-0.05, 0) is 78.9 Å². The minimum absolute atomic E-state index is 0.0453. The van der Waals surface area contributed by atoms with Gasteiger partial charge in [-0.2, -0.15) is 0 Å². The van der Waals surface area contributed by atoms with Crippen LogP contribution in [0.25, 0.3) is 0 Å². The van der Waals surface area contributed by atoms with Crippen LogP contribution < -0.4 is 0 Å². The fourth-order valence-corrected chi connectivity index (χ4v) is 8.57.